The summed E-state index contributed by atoms with van der Waals surface area (Å²) in [7, 11) is -7.51. The standard InChI is InChI=1S/C19H20N4O6S3/c24-18(15-9-4-5-11-23(15)32(27,28)17-10-6-12-30-17)20-19-22-21-16(29-19)13-31(25,26)14-7-2-1-3-8-14/h1-3,6-8,10,12,15H,4-5,9,11,13H2,(H,20,22,24). The summed E-state index contributed by atoms with van der Waals surface area (Å²) in [5.74, 6) is -1.32. The number of carbonyl (C=O) groups is 1. The van der Waals surface area contributed by atoms with Gasteiger partial charge in [0.2, 0.25) is 11.8 Å². The number of thiophene rings is 1. The van der Waals surface area contributed by atoms with Crippen molar-refractivity contribution in [2.24, 2.45) is 0 Å². The van der Waals surface area contributed by atoms with Gasteiger partial charge in [-0.25, -0.2) is 16.8 Å². The van der Waals surface area contributed by atoms with Crippen molar-refractivity contribution in [1.82, 2.24) is 14.5 Å². The summed E-state index contributed by atoms with van der Waals surface area (Å²) in [6.45, 7) is 0.225. The molecule has 32 heavy (non-hydrogen) atoms. The van der Waals surface area contributed by atoms with E-state index in [0.717, 1.165) is 11.3 Å². The summed E-state index contributed by atoms with van der Waals surface area (Å²) in [6.07, 6.45) is 1.69. The molecule has 0 radical (unpaired) electrons. The molecule has 2 aromatic heterocycles. The molecule has 1 aliphatic heterocycles. The molecule has 4 rings (SSSR count). The number of carbonyl (C=O) groups excluding carboxylic acids is 1. The van der Waals surface area contributed by atoms with Crippen molar-refractivity contribution < 1.29 is 26.0 Å². The maximum absolute atomic E-state index is 12.9. The highest BCUT2D eigenvalue weighted by molar-refractivity contribution is 7.91. The number of benzene rings is 1. The highest BCUT2D eigenvalue weighted by Gasteiger charge is 2.38. The van der Waals surface area contributed by atoms with Gasteiger partial charge in [0.05, 0.1) is 4.90 Å². The Morgan fingerprint density at radius 2 is 1.88 bits per heavy atom. The monoisotopic (exact) mass is 496 g/mol. The van der Waals surface area contributed by atoms with Crippen molar-refractivity contribution in [2.45, 2.75) is 40.2 Å². The van der Waals surface area contributed by atoms with Crippen molar-refractivity contribution in [2.75, 3.05) is 11.9 Å². The van der Waals surface area contributed by atoms with E-state index < -0.39 is 37.6 Å². The van der Waals surface area contributed by atoms with E-state index in [2.05, 4.69) is 15.5 Å². The molecule has 1 saturated heterocycles. The third kappa shape index (κ3) is 4.75. The number of sulfone groups is 1. The smallest absolute Gasteiger partial charge is 0.322 e. The number of hydrogen-bond donors (Lipinski definition) is 1. The molecule has 3 heterocycles. The van der Waals surface area contributed by atoms with Crippen LogP contribution in [-0.2, 0) is 30.4 Å². The zero-order valence-corrected chi connectivity index (χ0v) is 19.2. The van der Waals surface area contributed by atoms with Gasteiger partial charge in [0.25, 0.3) is 10.0 Å². The van der Waals surface area contributed by atoms with Crippen molar-refractivity contribution in [3.05, 3.63) is 53.7 Å². The Labute approximate surface area is 189 Å². The second kappa shape index (κ2) is 9.10. The first-order valence-corrected chi connectivity index (χ1v) is 13.7. The third-order valence-electron chi connectivity index (χ3n) is 4.93. The van der Waals surface area contributed by atoms with Gasteiger partial charge in [-0.05, 0) is 36.4 Å². The minimum Gasteiger partial charge on any atom is -0.407 e. The number of amides is 1. The summed E-state index contributed by atoms with van der Waals surface area (Å²) >= 11 is 1.09. The Balaban J connectivity index is 1.47. The first kappa shape index (κ1) is 22.6. The van der Waals surface area contributed by atoms with E-state index in [1.807, 2.05) is 0 Å². The van der Waals surface area contributed by atoms with Gasteiger partial charge in [-0.2, -0.15) is 4.31 Å². The predicted molar refractivity (Wildman–Crippen MR) is 116 cm³/mol. The number of anilines is 1. The molecule has 3 aromatic rings. The van der Waals surface area contributed by atoms with Crippen LogP contribution in [0, 0.1) is 0 Å². The second-order valence-electron chi connectivity index (χ2n) is 7.12. The maximum atomic E-state index is 12.9. The van der Waals surface area contributed by atoms with Gasteiger partial charge in [0.15, 0.2) is 9.84 Å². The van der Waals surface area contributed by atoms with E-state index in [9.17, 15) is 21.6 Å². The van der Waals surface area contributed by atoms with Crippen molar-refractivity contribution in [1.29, 1.82) is 0 Å². The average Bonchev–Trinajstić information content (AvgIpc) is 3.47. The lowest BCUT2D eigenvalue weighted by Crippen LogP contribution is -2.49. The molecular weight excluding hydrogens is 476 g/mol. The van der Waals surface area contributed by atoms with Gasteiger partial charge in [0, 0.05) is 6.54 Å². The lowest BCUT2D eigenvalue weighted by Gasteiger charge is -2.32. The van der Waals surface area contributed by atoms with Crippen molar-refractivity contribution in [3.8, 4) is 0 Å². The highest BCUT2D eigenvalue weighted by Crippen LogP contribution is 2.28. The van der Waals surface area contributed by atoms with Crippen molar-refractivity contribution >= 4 is 43.1 Å². The number of aromatic nitrogens is 2. The van der Waals surface area contributed by atoms with Crippen LogP contribution in [0.4, 0.5) is 6.01 Å². The van der Waals surface area contributed by atoms with Gasteiger partial charge in [-0.3, -0.25) is 10.1 Å². The first-order chi connectivity index (χ1) is 15.3. The summed E-state index contributed by atoms with van der Waals surface area (Å²) in [6, 6.07) is 9.75. The number of piperidine rings is 1. The van der Waals surface area contributed by atoms with E-state index in [1.165, 1.54) is 22.5 Å². The normalized spacial score (nSPS) is 17.8. The highest BCUT2D eigenvalue weighted by atomic mass is 32.2. The predicted octanol–water partition coefficient (Wildman–Crippen LogP) is 2.29. The quantitative estimate of drug-likeness (QED) is 0.525. The Hall–Kier alpha value is -2.61. The molecular formula is C19H20N4O6S3. The number of nitrogens with zero attached hydrogens (tertiary/aromatic N) is 3. The Kier molecular flexibility index (Phi) is 6.42. The zero-order valence-electron chi connectivity index (χ0n) is 16.7. The van der Waals surface area contributed by atoms with Crippen LogP contribution in [0.2, 0.25) is 0 Å². The van der Waals surface area contributed by atoms with E-state index in [4.69, 9.17) is 4.42 Å². The summed E-state index contributed by atoms with van der Waals surface area (Å²) in [5, 5.41) is 11.5. The minimum atomic E-state index is -3.81. The van der Waals surface area contributed by atoms with Crippen LogP contribution >= 0.6 is 11.3 Å². The fourth-order valence-electron chi connectivity index (χ4n) is 3.41. The van der Waals surface area contributed by atoms with Gasteiger partial charge < -0.3 is 4.42 Å². The van der Waals surface area contributed by atoms with Crippen LogP contribution in [0.15, 0.2) is 61.4 Å². The molecule has 1 unspecified atom stereocenters. The lowest BCUT2D eigenvalue weighted by molar-refractivity contribution is -0.120. The number of hydrogen-bond acceptors (Lipinski definition) is 9. The lowest BCUT2D eigenvalue weighted by atomic mass is 10.0. The van der Waals surface area contributed by atoms with Crippen LogP contribution in [0.5, 0.6) is 0 Å². The largest absolute Gasteiger partial charge is 0.407 e. The summed E-state index contributed by atoms with van der Waals surface area (Å²) in [4.78, 5) is 13.0. The van der Waals surface area contributed by atoms with E-state index in [-0.39, 0.29) is 27.6 Å². The third-order valence-corrected chi connectivity index (χ3v) is 9.83. The molecule has 170 valence electrons. The molecule has 1 aromatic carbocycles. The SMILES string of the molecule is O=C(Nc1nnc(CS(=O)(=O)c2ccccc2)o1)C1CCCCN1S(=O)(=O)c1cccs1. The number of nitrogens with one attached hydrogen (secondary N) is 1. The molecule has 0 bridgehead atoms. The van der Waals surface area contributed by atoms with Crippen molar-refractivity contribution in [3.63, 3.8) is 0 Å². The van der Waals surface area contributed by atoms with Crippen LogP contribution in [-0.4, -0.2) is 49.8 Å². The Morgan fingerprint density at radius 3 is 2.59 bits per heavy atom. The Morgan fingerprint density at radius 1 is 1.09 bits per heavy atom. The second-order valence-corrected chi connectivity index (χ2v) is 12.2. The first-order valence-electron chi connectivity index (χ1n) is 9.74. The molecule has 13 heteroatoms. The number of rotatable bonds is 7. The van der Waals surface area contributed by atoms with Gasteiger partial charge in [-0.1, -0.05) is 35.8 Å². The summed E-state index contributed by atoms with van der Waals surface area (Å²) in [5.41, 5.74) is 0. The maximum Gasteiger partial charge on any atom is 0.322 e. The molecule has 1 N–H and O–H groups in total. The van der Waals surface area contributed by atoms with Gasteiger partial charge in [-0.15, -0.1) is 16.4 Å². The zero-order chi connectivity index (χ0) is 22.8. The molecule has 10 nitrogen and oxygen atoms in total. The number of sulfonamides is 1. The average molecular weight is 497 g/mol. The molecule has 1 amide bonds. The molecule has 0 saturated carbocycles. The molecule has 1 atom stereocenters. The van der Waals surface area contributed by atoms with Crippen LogP contribution in [0.25, 0.3) is 0 Å². The van der Waals surface area contributed by atoms with Crippen LogP contribution in [0.1, 0.15) is 25.2 Å². The van der Waals surface area contributed by atoms with Gasteiger partial charge >= 0.3 is 6.01 Å². The van der Waals surface area contributed by atoms with Crippen LogP contribution in [0.3, 0.4) is 0 Å². The minimum absolute atomic E-state index is 0.111. The fourth-order valence-corrected chi connectivity index (χ4v) is 7.36. The van der Waals surface area contributed by atoms with Crippen LogP contribution < -0.4 is 5.32 Å². The molecule has 0 spiro atoms. The van der Waals surface area contributed by atoms with E-state index in [0.29, 0.717) is 19.3 Å². The van der Waals surface area contributed by atoms with E-state index >= 15 is 0 Å². The molecule has 0 aliphatic carbocycles. The fraction of sp³-hybridized carbons (Fsp3) is 0.316. The van der Waals surface area contributed by atoms with Gasteiger partial charge in [0.1, 0.15) is 16.0 Å². The van der Waals surface area contributed by atoms with E-state index in [1.54, 1.807) is 29.6 Å². The Bertz CT molecular complexity index is 1290. The molecule has 1 aliphatic rings. The summed E-state index contributed by atoms with van der Waals surface area (Å²) < 4.78 is 57.5. The molecule has 1 fully saturated rings. The topological polar surface area (TPSA) is 140 Å².